The van der Waals surface area contributed by atoms with E-state index in [1.807, 2.05) is 26.0 Å². The summed E-state index contributed by atoms with van der Waals surface area (Å²) in [5.41, 5.74) is 1.95. The Balaban J connectivity index is 0.000000263. The van der Waals surface area contributed by atoms with Crippen molar-refractivity contribution in [3.63, 3.8) is 0 Å². The van der Waals surface area contributed by atoms with Gasteiger partial charge in [-0.3, -0.25) is 9.97 Å². The van der Waals surface area contributed by atoms with Crippen LogP contribution in [0.5, 0.6) is 0 Å². The number of benzene rings is 1. The third-order valence-electron chi connectivity index (χ3n) is 5.21. The number of esters is 2. The second-order valence-corrected chi connectivity index (χ2v) is 43.0. The van der Waals surface area contributed by atoms with E-state index >= 15 is 0 Å². The third-order valence-corrected chi connectivity index (χ3v) is 17.3. The van der Waals surface area contributed by atoms with Crippen LogP contribution in [0.15, 0.2) is 48.8 Å². The number of hydrogen-bond donors (Lipinski definition) is 0. The van der Waals surface area contributed by atoms with E-state index in [2.05, 4.69) is 73.5 Å². The zero-order chi connectivity index (χ0) is 25.8. The number of carbonyl (C=O) groups is 2. The summed E-state index contributed by atoms with van der Waals surface area (Å²) in [5, 5.41) is 2.28. The van der Waals surface area contributed by atoms with Gasteiger partial charge >= 0.3 is 145 Å². The SMILES string of the molecule is CCCC(C)OC(=O)[CH2][Sn]([Br])([Br])[CH2]C(=O)OC(C)CCC.c1cnc2c(c1)ccc1cccnc12. The fraction of sp³-hybridized carbons (Fsp3) is 0.462. The van der Waals surface area contributed by atoms with Crippen LogP contribution in [0.4, 0.5) is 0 Å². The van der Waals surface area contributed by atoms with Crippen LogP contribution in [0.25, 0.3) is 21.8 Å². The van der Waals surface area contributed by atoms with Crippen molar-refractivity contribution in [3.05, 3.63) is 48.8 Å². The van der Waals surface area contributed by atoms with E-state index in [-0.39, 0.29) is 33.0 Å². The Kier molecular flexibility index (Phi) is 12.9. The van der Waals surface area contributed by atoms with Crippen LogP contribution >= 0.6 is 25.4 Å². The summed E-state index contributed by atoms with van der Waals surface area (Å²) < 4.78 is 11.2. The number of hydrogen-bond acceptors (Lipinski definition) is 6. The average Bonchev–Trinajstić information content (AvgIpc) is 2.78. The number of pyridine rings is 2. The maximum absolute atomic E-state index is 11.9. The van der Waals surface area contributed by atoms with Gasteiger partial charge in [0.05, 0.1) is 11.0 Å². The Morgan fingerprint density at radius 3 is 1.57 bits per heavy atom. The summed E-state index contributed by atoms with van der Waals surface area (Å²) in [4.78, 5) is 32.4. The quantitative estimate of drug-likeness (QED) is 0.123. The normalized spacial score (nSPS) is 13.0. The number of nitrogens with zero attached hydrogens (tertiary/aromatic N) is 2. The topological polar surface area (TPSA) is 78.4 Å². The van der Waals surface area contributed by atoms with E-state index in [4.69, 9.17) is 9.47 Å². The summed E-state index contributed by atoms with van der Waals surface area (Å²) in [6, 6.07) is 12.1. The van der Waals surface area contributed by atoms with Crippen molar-refractivity contribution in [2.24, 2.45) is 0 Å². The van der Waals surface area contributed by atoms with Gasteiger partial charge in [0.15, 0.2) is 0 Å². The van der Waals surface area contributed by atoms with Crippen molar-refractivity contribution in [2.75, 3.05) is 0 Å². The number of fused-ring (bicyclic) bond motifs is 3. The van der Waals surface area contributed by atoms with Gasteiger partial charge in [-0.1, -0.05) is 24.3 Å². The third kappa shape index (κ3) is 10.7. The average molecular weight is 717 g/mol. The summed E-state index contributed by atoms with van der Waals surface area (Å²) in [7, 11) is 0. The molecule has 9 heteroatoms. The smallest absolute Gasteiger partial charge is 0.0964 e. The van der Waals surface area contributed by atoms with Crippen molar-refractivity contribution >= 4 is 73.1 Å². The van der Waals surface area contributed by atoms with E-state index in [1.54, 1.807) is 12.4 Å². The Morgan fingerprint density at radius 1 is 0.800 bits per heavy atom. The van der Waals surface area contributed by atoms with Crippen LogP contribution in [-0.4, -0.2) is 48.0 Å². The number of halogens is 2. The molecule has 3 aromatic rings. The summed E-state index contributed by atoms with van der Waals surface area (Å²) in [6.07, 6.45) is 7.14. The molecule has 0 amide bonds. The molecule has 2 aromatic heterocycles. The standard InChI is InChI=1S/C12H8N2.2C7H13O2.2BrH.Sn/c1-3-9-5-6-10-4-2-8-14-12(10)11(9)13-7-1;2*1-4-5-6(2)9-7(3)8;;;/h1-8H;2*6H,3-5H2,1-2H3;2*1H;/q;;;;;+2/p-2. The molecule has 1 aromatic carbocycles. The molecular formula is C26H34Br2N2O4Sn. The molecule has 0 aliphatic heterocycles. The minimum absolute atomic E-state index is 0.0684. The predicted molar refractivity (Wildman–Crippen MR) is 151 cm³/mol. The second kappa shape index (κ2) is 15.1. The molecule has 0 fully saturated rings. The minimum Gasteiger partial charge on any atom is -0.254 e. The van der Waals surface area contributed by atoms with Gasteiger partial charge in [0.25, 0.3) is 0 Å². The van der Waals surface area contributed by atoms with E-state index < -0.39 is 13.9 Å². The van der Waals surface area contributed by atoms with Crippen LogP contribution in [0, 0.1) is 0 Å². The Bertz CT molecular complexity index is 1030. The first-order valence-electron chi connectivity index (χ1n) is 12.0. The fourth-order valence-electron chi connectivity index (χ4n) is 3.63. The molecule has 6 nitrogen and oxygen atoms in total. The van der Waals surface area contributed by atoms with Crippen LogP contribution in [-0.2, 0) is 19.1 Å². The Morgan fingerprint density at radius 2 is 1.20 bits per heavy atom. The van der Waals surface area contributed by atoms with Crippen LogP contribution in [0.2, 0.25) is 8.87 Å². The van der Waals surface area contributed by atoms with E-state index in [0.29, 0.717) is 0 Å². The molecule has 0 aliphatic rings. The minimum atomic E-state index is -3.11. The molecule has 190 valence electrons. The molecule has 35 heavy (non-hydrogen) atoms. The maximum Gasteiger partial charge on any atom is 0.0964 e. The van der Waals surface area contributed by atoms with Gasteiger partial charge in [-0.15, -0.1) is 0 Å². The van der Waals surface area contributed by atoms with Crippen molar-refractivity contribution in [3.8, 4) is 0 Å². The fourth-order valence-corrected chi connectivity index (χ4v) is 13.0. The van der Waals surface area contributed by atoms with Crippen LogP contribution < -0.4 is 0 Å². The largest absolute Gasteiger partial charge is 0.254 e. The molecule has 2 unspecified atom stereocenters. The first kappa shape index (κ1) is 30.0. The van der Waals surface area contributed by atoms with Gasteiger partial charge in [0.2, 0.25) is 0 Å². The molecule has 0 saturated heterocycles. The van der Waals surface area contributed by atoms with E-state index in [9.17, 15) is 9.59 Å². The molecule has 0 spiro atoms. The predicted octanol–water partition coefficient (Wildman–Crippen LogP) is 7.47. The van der Waals surface area contributed by atoms with Crippen molar-refractivity contribution in [1.82, 2.24) is 9.97 Å². The molecule has 2 heterocycles. The van der Waals surface area contributed by atoms with Gasteiger partial charge in [-0.2, -0.15) is 0 Å². The van der Waals surface area contributed by atoms with Crippen LogP contribution in [0.3, 0.4) is 0 Å². The van der Waals surface area contributed by atoms with Crippen molar-refractivity contribution in [1.29, 1.82) is 0 Å². The molecule has 2 atom stereocenters. The second-order valence-electron chi connectivity index (χ2n) is 8.60. The maximum atomic E-state index is 11.9. The van der Waals surface area contributed by atoms with Gasteiger partial charge in [-0.25, -0.2) is 0 Å². The number of carbonyl (C=O) groups excluding carboxylic acids is 2. The van der Waals surface area contributed by atoms with E-state index in [0.717, 1.165) is 47.5 Å². The van der Waals surface area contributed by atoms with E-state index in [1.165, 1.54) is 0 Å². The van der Waals surface area contributed by atoms with Gasteiger partial charge < -0.3 is 0 Å². The summed E-state index contributed by atoms with van der Waals surface area (Å²) >= 11 is 4.02. The summed E-state index contributed by atoms with van der Waals surface area (Å²) in [6.45, 7) is 7.89. The van der Waals surface area contributed by atoms with Gasteiger partial charge in [0.1, 0.15) is 0 Å². The summed E-state index contributed by atoms with van der Waals surface area (Å²) in [5.74, 6) is -0.482. The van der Waals surface area contributed by atoms with Gasteiger partial charge in [-0.05, 0) is 12.1 Å². The first-order chi connectivity index (χ1) is 16.6. The Hall–Kier alpha value is -1.26. The molecule has 0 bridgehead atoms. The zero-order valence-electron chi connectivity index (χ0n) is 20.8. The van der Waals surface area contributed by atoms with Gasteiger partial charge in [0, 0.05) is 23.2 Å². The molecule has 0 N–H and O–H groups in total. The Labute approximate surface area is 224 Å². The molecule has 3 rings (SSSR count). The molecular weight excluding hydrogens is 683 g/mol. The monoisotopic (exact) mass is 716 g/mol. The zero-order valence-corrected chi connectivity index (χ0v) is 26.8. The first-order valence-corrected chi connectivity index (χ1v) is 28.8. The molecule has 0 radical (unpaired) electrons. The molecule has 0 aliphatic carbocycles. The number of ether oxygens (including phenoxy) is 2. The van der Waals surface area contributed by atoms with Crippen molar-refractivity contribution in [2.45, 2.75) is 74.5 Å². The molecule has 0 saturated carbocycles. The van der Waals surface area contributed by atoms with Crippen molar-refractivity contribution < 1.29 is 19.1 Å². The number of rotatable bonds is 10. The van der Waals surface area contributed by atoms with Crippen LogP contribution in [0.1, 0.15) is 53.4 Å². The number of aromatic nitrogens is 2.